The summed E-state index contributed by atoms with van der Waals surface area (Å²) in [6, 6.07) is 0. The van der Waals surface area contributed by atoms with Crippen LogP contribution in [0.3, 0.4) is 0 Å². The number of rotatable bonds is 1. The van der Waals surface area contributed by atoms with Crippen LogP contribution in [0.5, 0.6) is 0 Å². The summed E-state index contributed by atoms with van der Waals surface area (Å²) in [5, 5.41) is 11.9. The molecular formula is C30H44O7. The van der Waals surface area contributed by atoms with E-state index in [9.17, 15) is 14.7 Å². The van der Waals surface area contributed by atoms with Gasteiger partial charge in [-0.15, -0.1) is 0 Å². The number of ether oxygens (including phenoxy) is 4. The third-order valence-electron chi connectivity index (χ3n) is 13.0. The highest BCUT2D eigenvalue weighted by Gasteiger charge is 2.85. The molecule has 3 saturated heterocycles. The molecule has 1 N–H and O–H groups in total. The van der Waals surface area contributed by atoms with Gasteiger partial charge in [-0.25, -0.2) is 0 Å². The number of carbonyl (C=O) groups excluding carboxylic acids is 2. The van der Waals surface area contributed by atoms with Gasteiger partial charge in [0.2, 0.25) is 5.79 Å². The lowest BCUT2D eigenvalue weighted by atomic mass is 9.43. The Balaban J connectivity index is 1.22. The van der Waals surface area contributed by atoms with Gasteiger partial charge in [0.15, 0.2) is 5.60 Å². The van der Waals surface area contributed by atoms with E-state index >= 15 is 0 Å². The zero-order chi connectivity index (χ0) is 26.3. The fraction of sp³-hybridized carbons (Fsp3) is 0.933. The van der Waals surface area contributed by atoms with Crippen molar-refractivity contribution in [3.05, 3.63) is 0 Å². The van der Waals surface area contributed by atoms with Gasteiger partial charge in [0, 0.05) is 19.3 Å². The first-order valence-corrected chi connectivity index (χ1v) is 14.7. The van der Waals surface area contributed by atoms with Crippen molar-refractivity contribution in [2.45, 2.75) is 128 Å². The van der Waals surface area contributed by atoms with Gasteiger partial charge < -0.3 is 24.1 Å². The standard InChI is InChI=1S/C30H44O7/c1-15-13-30(37-26(15,3)4)28(6)24-22(35-30)12-20-19-8-7-17-11-18(34-16(2)31)9-10-27(17,5)23(19)21(32)14-29(20,24)25(33)36-28/h15,17-24,32H,7-14H2,1-6H3/t15-,17-,18+,19-,20-,21-,22-,23+,24+,27-,28+,29+,30-/m0/s1. The van der Waals surface area contributed by atoms with Crippen molar-refractivity contribution in [2.24, 2.45) is 46.3 Å². The summed E-state index contributed by atoms with van der Waals surface area (Å²) in [6.45, 7) is 12.3. The highest BCUT2D eigenvalue weighted by molar-refractivity contribution is 5.83. The molecule has 13 atom stereocenters. The number of aliphatic hydroxyl groups excluding tert-OH is 1. The average molecular weight is 517 g/mol. The predicted molar refractivity (Wildman–Crippen MR) is 133 cm³/mol. The van der Waals surface area contributed by atoms with Crippen molar-refractivity contribution >= 4 is 11.9 Å². The highest BCUT2D eigenvalue weighted by atomic mass is 16.8. The van der Waals surface area contributed by atoms with Crippen LogP contribution in [0.1, 0.15) is 92.9 Å². The molecule has 0 radical (unpaired) electrons. The lowest BCUT2D eigenvalue weighted by Crippen LogP contribution is -2.61. The lowest BCUT2D eigenvalue weighted by molar-refractivity contribution is -0.291. The highest BCUT2D eigenvalue weighted by Crippen LogP contribution is 2.76. The largest absolute Gasteiger partial charge is 0.463 e. The average Bonchev–Trinajstić information content (AvgIpc) is 3.39. The number of hydrogen-bond acceptors (Lipinski definition) is 7. The van der Waals surface area contributed by atoms with Crippen LogP contribution in [-0.2, 0) is 28.5 Å². The summed E-state index contributed by atoms with van der Waals surface area (Å²) >= 11 is 0. The van der Waals surface area contributed by atoms with E-state index in [-0.39, 0.29) is 64.8 Å². The van der Waals surface area contributed by atoms with Crippen LogP contribution >= 0.6 is 0 Å². The molecule has 7 rings (SSSR count). The van der Waals surface area contributed by atoms with E-state index in [4.69, 9.17) is 18.9 Å². The smallest absolute Gasteiger partial charge is 0.313 e. The van der Waals surface area contributed by atoms with Gasteiger partial charge in [0.05, 0.1) is 23.2 Å². The molecule has 7 aliphatic rings. The van der Waals surface area contributed by atoms with Gasteiger partial charge in [-0.1, -0.05) is 13.8 Å². The molecule has 0 aromatic carbocycles. The third-order valence-corrected chi connectivity index (χ3v) is 13.0. The number of carbonyl (C=O) groups is 2. The monoisotopic (exact) mass is 516 g/mol. The Morgan fingerprint density at radius 2 is 1.84 bits per heavy atom. The Kier molecular flexibility index (Phi) is 4.91. The number of aliphatic hydroxyl groups is 1. The van der Waals surface area contributed by atoms with E-state index in [1.165, 1.54) is 6.92 Å². The molecular weight excluding hydrogens is 472 g/mol. The van der Waals surface area contributed by atoms with Gasteiger partial charge >= 0.3 is 11.9 Å². The van der Waals surface area contributed by atoms with Crippen LogP contribution in [0.2, 0.25) is 0 Å². The van der Waals surface area contributed by atoms with E-state index in [0.29, 0.717) is 12.3 Å². The van der Waals surface area contributed by atoms with E-state index in [1.54, 1.807) is 0 Å². The van der Waals surface area contributed by atoms with Crippen molar-refractivity contribution in [1.82, 2.24) is 0 Å². The van der Waals surface area contributed by atoms with E-state index in [2.05, 4.69) is 27.7 Å². The van der Waals surface area contributed by atoms with E-state index in [1.807, 2.05) is 6.92 Å². The summed E-state index contributed by atoms with van der Waals surface area (Å²) in [4.78, 5) is 25.6. The second-order valence-corrected chi connectivity index (χ2v) is 14.8. The van der Waals surface area contributed by atoms with Gasteiger partial charge in [-0.2, -0.15) is 0 Å². The van der Waals surface area contributed by atoms with Crippen LogP contribution in [0.25, 0.3) is 0 Å². The first kappa shape index (κ1) is 24.8. The topological polar surface area (TPSA) is 91.3 Å². The number of hydrogen-bond donors (Lipinski definition) is 1. The Bertz CT molecular complexity index is 1040. The first-order valence-electron chi connectivity index (χ1n) is 14.7. The number of fused-ring (bicyclic) bond motifs is 5. The van der Waals surface area contributed by atoms with Gasteiger partial charge in [0.25, 0.3) is 0 Å². The SMILES string of the molecule is CC(=O)O[C@@H]1CC[C@@]2(C)[C@@H](CC[C@@H]3[C@@H]2[C@@H](O)C[C@]24C(=O)O[C@]5(C)[C@H]2[C@H](C[C@@H]34)O[C@]52C[C@H](C)C(C)(C)O2)C1. The van der Waals surface area contributed by atoms with Crippen molar-refractivity contribution in [3.63, 3.8) is 0 Å². The van der Waals surface area contributed by atoms with E-state index in [0.717, 1.165) is 44.9 Å². The molecule has 0 aromatic rings. The number of esters is 2. The minimum atomic E-state index is -0.907. The van der Waals surface area contributed by atoms with Gasteiger partial charge in [0.1, 0.15) is 6.10 Å². The summed E-state index contributed by atoms with van der Waals surface area (Å²) < 4.78 is 25.6. The van der Waals surface area contributed by atoms with Crippen LogP contribution in [0.15, 0.2) is 0 Å². The Hall–Kier alpha value is -1.18. The van der Waals surface area contributed by atoms with Crippen molar-refractivity contribution in [2.75, 3.05) is 0 Å². The quantitative estimate of drug-likeness (QED) is 0.517. The third kappa shape index (κ3) is 2.84. The maximum absolute atomic E-state index is 14.0. The lowest BCUT2D eigenvalue weighted by Gasteiger charge is -2.61. The Labute approximate surface area is 220 Å². The fourth-order valence-corrected chi connectivity index (χ4v) is 11.3. The molecule has 0 aromatic heterocycles. The molecule has 7 heteroatoms. The minimum Gasteiger partial charge on any atom is -0.463 e. The van der Waals surface area contributed by atoms with Gasteiger partial charge in [-0.3, -0.25) is 9.59 Å². The van der Waals surface area contributed by atoms with E-state index < -0.39 is 22.9 Å². The second-order valence-electron chi connectivity index (χ2n) is 14.8. The van der Waals surface area contributed by atoms with Crippen LogP contribution in [-0.4, -0.2) is 52.3 Å². The molecule has 3 heterocycles. The molecule has 0 bridgehead atoms. The minimum absolute atomic E-state index is 0.0137. The molecule has 0 amide bonds. The van der Waals surface area contributed by atoms with Crippen LogP contribution in [0.4, 0.5) is 0 Å². The molecule has 0 unspecified atom stereocenters. The molecule has 3 aliphatic heterocycles. The molecule has 37 heavy (non-hydrogen) atoms. The zero-order valence-corrected chi connectivity index (χ0v) is 23.2. The molecule has 4 saturated carbocycles. The van der Waals surface area contributed by atoms with Crippen molar-refractivity contribution in [3.8, 4) is 0 Å². The molecule has 2 spiro atoms. The van der Waals surface area contributed by atoms with Crippen LogP contribution in [0, 0.1) is 46.3 Å². The van der Waals surface area contributed by atoms with Crippen LogP contribution < -0.4 is 0 Å². The summed E-state index contributed by atoms with van der Waals surface area (Å²) in [6.07, 6.45) is 6.10. The summed E-state index contributed by atoms with van der Waals surface area (Å²) in [5.74, 6) is -0.0263. The summed E-state index contributed by atoms with van der Waals surface area (Å²) in [7, 11) is 0. The molecule has 4 aliphatic carbocycles. The predicted octanol–water partition coefficient (Wildman–Crippen LogP) is 4.38. The zero-order valence-electron chi connectivity index (χ0n) is 23.2. The molecule has 7 nitrogen and oxygen atoms in total. The molecule has 206 valence electrons. The van der Waals surface area contributed by atoms with Crippen molar-refractivity contribution < 1.29 is 33.6 Å². The second kappa shape index (κ2) is 7.31. The molecule has 7 fully saturated rings. The van der Waals surface area contributed by atoms with Gasteiger partial charge in [-0.05, 0) is 101 Å². The van der Waals surface area contributed by atoms with Crippen molar-refractivity contribution in [1.29, 1.82) is 0 Å². The maximum atomic E-state index is 14.0. The fourth-order valence-electron chi connectivity index (χ4n) is 11.3. The first-order chi connectivity index (χ1) is 17.3. The summed E-state index contributed by atoms with van der Waals surface area (Å²) in [5.41, 5.74) is -1.89. The Morgan fingerprint density at radius 3 is 2.51 bits per heavy atom. The Morgan fingerprint density at radius 1 is 1.08 bits per heavy atom. The maximum Gasteiger partial charge on any atom is 0.313 e. The normalized spacial score (nSPS) is 58.9.